The Morgan fingerprint density at radius 1 is 1.60 bits per heavy atom. The van der Waals surface area contributed by atoms with E-state index < -0.39 is 0 Å². The molecule has 1 aliphatic rings. The van der Waals surface area contributed by atoms with Gasteiger partial charge in [-0.05, 0) is 6.07 Å². The Morgan fingerprint density at radius 2 is 2.40 bits per heavy atom. The average Bonchev–Trinajstić information content (AvgIpc) is 2.58. The molecule has 1 amide bonds. The fraction of sp³-hybridized carbons (Fsp3) is 0.400. The lowest BCUT2D eigenvalue weighted by Crippen LogP contribution is -2.24. The number of carbonyl (C=O) groups is 1. The van der Waals surface area contributed by atoms with E-state index in [1.165, 1.54) is 0 Å². The van der Waals surface area contributed by atoms with Crippen LogP contribution in [0.3, 0.4) is 0 Å². The summed E-state index contributed by atoms with van der Waals surface area (Å²) in [6.45, 7) is 0.649. The Hall–Kier alpha value is -1.23. The number of hydrogen-bond acceptors (Lipinski definition) is 4. The first-order chi connectivity index (χ1) is 7.20. The summed E-state index contributed by atoms with van der Waals surface area (Å²) in [7, 11) is 1.56. The maximum atomic E-state index is 11.6. The summed E-state index contributed by atoms with van der Waals surface area (Å²) in [5.41, 5.74) is 0.803. The third kappa shape index (κ3) is 2.07. The maximum Gasteiger partial charge on any atom is 0.228 e. The molecule has 1 aromatic rings. The molecule has 0 bridgehead atoms. The molecule has 5 heteroatoms. The molecule has 0 aliphatic carbocycles. The smallest absolute Gasteiger partial charge is 0.228 e. The molecule has 1 atom stereocenters. The first-order valence-electron chi connectivity index (χ1n) is 4.69. The topological polar surface area (TPSA) is 42.4 Å². The highest BCUT2D eigenvalue weighted by Gasteiger charge is 2.28. The lowest BCUT2D eigenvalue weighted by molar-refractivity contribution is -0.117. The van der Waals surface area contributed by atoms with Gasteiger partial charge in [-0.25, -0.2) is 4.98 Å². The second-order valence-corrected chi connectivity index (χ2v) is 4.15. The minimum absolute atomic E-state index is 0.0990. The molecular weight excluding hydrogens is 212 g/mol. The van der Waals surface area contributed by atoms with Crippen molar-refractivity contribution in [1.29, 1.82) is 0 Å². The zero-order chi connectivity index (χ0) is 10.8. The van der Waals surface area contributed by atoms with Crippen molar-refractivity contribution in [3.63, 3.8) is 0 Å². The van der Waals surface area contributed by atoms with Crippen molar-refractivity contribution in [2.24, 2.45) is 0 Å². The molecule has 1 saturated heterocycles. The van der Waals surface area contributed by atoms with Gasteiger partial charge in [0.1, 0.15) is 0 Å². The Balaban J connectivity index is 2.19. The number of methoxy groups -OCH3 is 1. The number of ether oxygens (including phenoxy) is 1. The first kappa shape index (κ1) is 10.3. The van der Waals surface area contributed by atoms with Crippen LogP contribution in [0, 0.1) is 0 Å². The van der Waals surface area contributed by atoms with Gasteiger partial charge in [0, 0.05) is 24.3 Å². The predicted octanol–water partition coefficient (Wildman–Crippen LogP) is 1.13. The Bertz CT molecular complexity index is 366. The van der Waals surface area contributed by atoms with Gasteiger partial charge in [-0.3, -0.25) is 4.79 Å². The number of anilines is 1. The molecule has 1 unspecified atom stereocenters. The van der Waals surface area contributed by atoms with E-state index in [1.807, 2.05) is 6.07 Å². The van der Waals surface area contributed by atoms with Crippen molar-refractivity contribution < 1.29 is 9.53 Å². The lowest BCUT2D eigenvalue weighted by atomic mass is 10.4. The predicted molar refractivity (Wildman–Crippen MR) is 60.5 cm³/mol. The van der Waals surface area contributed by atoms with Gasteiger partial charge in [-0.2, -0.15) is 12.6 Å². The van der Waals surface area contributed by atoms with E-state index >= 15 is 0 Å². The second kappa shape index (κ2) is 4.10. The summed E-state index contributed by atoms with van der Waals surface area (Å²) in [5, 5.41) is 0.125. The lowest BCUT2D eigenvalue weighted by Gasteiger charge is -2.15. The standard InChI is InChI=1S/C10H12N2O2S/c1-14-9-3-2-7(5-11-9)12-6-8(15)4-10(12)13/h2-3,5,8,15H,4,6H2,1H3. The van der Waals surface area contributed by atoms with E-state index in [4.69, 9.17) is 4.74 Å². The number of carbonyl (C=O) groups excluding carboxylic acids is 1. The highest BCUT2D eigenvalue weighted by molar-refractivity contribution is 7.81. The SMILES string of the molecule is COc1ccc(N2CC(S)CC2=O)cn1. The van der Waals surface area contributed by atoms with E-state index in [2.05, 4.69) is 17.6 Å². The zero-order valence-electron chi connectivity index (χ0n) is 8.38. The monoisotopic (exact) mass is 224 g/mol. The second-order valence-electron chi connectivity index (χ2n) is 3.42. The van der Waals surface area contributed by atoms with E-state index in [0.717, 1.165) is 5.69 Å². The van der Waals surface area contributed by atoms with Gasteiger partial charge in [0.25, 0.3) is 0 Å². The van der Waals surface area contributed by atoms with Crippen molar-refractivity contribution >= 4 is 24.2 Å². The molecule has 0 aromatic carbocycles. The average molecular weight is 224 g/mol. The Kier molecular flexibility index (Phi) is 2.81. The number of thiol groups is 1. The minimum Gasteiger partial charge on any atom is -0.481 e. The van der Waals surface area contributed by atoms with Gasteiger partial charge >= 0.3 is 0 Å². The van der Waals surface area contributed by atoms with Gasteiger partial charge in [-0.15, -0.1) is 0 Å². The fourth-order valence-electron chi connectivity index (χ4n) is 1.59. The van der Waals surface area contributed by atoms with Crippen molar-refractivity contribution in [3.05, 3.63) is 18.3 Å². The third-order valence-electron chi connectivity index (χ3n) is 2.35. The summed E-state index contributed by atoms with van der Waals surface area (Å²) < 4.78 is 4.95. The van der Waals surface area contributed by atoms with Crippen molar-refractivity contribution in [3.8, 4) is 5.88 Å². The molecule has 1 aromatic heterocycles. The largest absolute Gasteiger partial charge is 0.481 e. The van der Waals surface area contributed by atoms with Crippen LogP contribution in [0.4, 0.5) is 5.69 Å². The summed E-state index contributed by atoms with van der Waals surface area (Å²) >= 11 is 4.29. The van der Waals surface area contributed by atoms with Gasteiger partial charge in [0.05, 0.1) is 19.0 Å². The van der Waals surface area contributed by atoms with Gasteiger partial charge in [0.15, 0.2) is 0 Å². The summed E-state index contributed by atoms with van der Waals surface area (Å²) in [5.74, 6) is 0.648. The molecule has 2 rings (SSSR count). The number of amides is 1. The minimum atomic E-state index is 0.0990. The maximum absolute atomic E-state index is 11.6. The van der Waals surface area contributed by atoms with Crippen LogP contribution in [0.25, 0.3) is 0 Å². The fourth-order valence-corrected chi connectivity index (χ4v) is 1.91. The highest BCUT2D eigenvalue weighted by atomic mass is 32.1. The van der Waals surface area contributed by atoms with Gasteiger partial charge < -0.3 is 9.64 Å². The van der Waals surface area contributed by atoms with Crippen LogP contribution in [-0.2, 0) is 4.79 Å². The highest BCUT2D eigenvalue weighted by Crippen LogP contribution is 2.24. The van der Waals surface area contributed by atoms with E-state index in [0.29, 0.717) is 18.8 Å². The van der Waals surface area contributed by atoms with Crippen LogP contribution in [0.15, 0.2) is 18.3 Å². The van der Waals surface area contributed by atoms with Crippen molar-refractivity contribution in [2.75, 3.05) is 18.6 Å². The number of hydrogen-bond donors (Lipinski definition) is 1. The van der Waals surface area contributed by atoms with Crippen LogP contribution < -0.4 is 9.64 Å². The van der Waals surface area contributed by atoms with Crippen LogP contribution in [-0.4, -0.2) is 29.8 Å². The quantitative estimate of drug-likeness (QED) is 0.766. The molecular formula is C10H12N2O2S. The van der Waals surface area contributed by atoms with Crippen molar-refractivity contribution in [2.45, 2.75) is 11.7 Å². The Labute approximate surface area is 93.7 Å². The molecule has 80 valence electrons. The van der Waals surface area contributed by atoms with Gasteiger partial charge in [-0.1, -0.05) is 0 Å². The number of nitrogens with zero attached hydrogens (tertiary/aromatic N) is 2. The molecule has 0 radical (unpaired) electrons. The van der Waals surface area contributed by atoms with Crippen LogP contribution in [0.2, 0.25) is 0 Å². The number of pyridine rings is 1. The van der Waals surface area contributed by atoms with Crippen LogP contribution >= 0.6 is 12.6 Å². The molecule has 0 N–H and O–H groups in total. The van der Waals surface area contributed by atoms with Crippen LogP contribution in [0.5, 0.6) is 5.88 Å². The normalized spacial score (nSPS) is 20.8. The molecule has 4 nitrogen and oxygen atoms in total. The molecule has 1 aliphatic heterocycles. The zero-order valence-corrected chi connectivity index (χ0v) is 9.28. The molecule has 15 heavy (non-hydrogen) atoms. The van der Waals surface area contributed by atoms with E-state index in [-0.39, 0.29) is 11.2 Å². The molecule has 0 saturated carbocycles. The Morgan fingerprint density at radius 3 is 2.87 bits per heavy atom. The molecule has 0 spiro atoms. The summed E-state index contributed by atoms with van der Waals surface area (Å²) in [6.07, 6.45) is 2.14. The third-order valence-corrected chi connectivity index (χ3v) is 2.69. The first-order valence-corrected chi connectivity index (χ1v) is 5.21. The summed E-state index contributed by atoms with van der Waals surface area (Å²) in [6, 6.07) is 3.57. The molecule has 1 fully saturated rings. The number of aromatic nitrogens is 1. The number of rotatable bonds is 2. The van der Waals surface area contributed by atoms with Gasteiger partial charge in [0.2, 0.25) is 11.8 Å². The van der Waals surface area contributed by atoms with Crippen molar-refractivity contribution in [1.82, 2.24) is 4.98 Å². The van der Waals surface area contributed by atoms with Crippen LogP contribution in [0.1, 0.15) is 6.42 Å². The van der Waals surface area contributed by atoms with E-state index in [1.54, 1.807) is 24.3 Å². The molecule has 2 heterocycles. The summed E-state index contributed by atoms with van der Waals surface area (Å²) in [4.78, 5) is 17.3. The van der Waals surface area contributed by atoms with E-state index in [9.17, 15) is 4.79 Å².